The molecule has 1 aromatic rings. The van der Waals surface area contributed by atoms with Gasteiger partial charge in [0.15, 0.2) is 0 Å². The fourth-order valence-corrected chi connectivity index (χ4v) is 2.25. The van der Waals surface area contributed by atoms with E-state index in [1.54, 1.807) is 0 Å². The Balaban J connectivity index is 1.86. The van der Waals surface area contributed by atoms with Gasteiger partial charge in [0.1, 0.15) is 11.5 Å². The molecule has 1 aliphatic rings. The van der Waals surface area contributed by atoms with Crippen LogP contribution in [0.25, 0.3) is 0 Å². The van der Waals surface area contributed by atoms with E-state index in [2.05, 4.69) is 30.3 Å². The van der Waals surface area contributed by atoms with Crippen molar-refractivity contribution in [3.8, 4) is 0 Å². The highest BCUT2D eigenvalue weighted by Gasteiger charge is 2.28. The van der Waals surface area contributed by atoms with Crippen molar-refractivity contribution in [1.29, 1.82) is 0 Å². The average molecular weight is 222 g/mol. The van der Waals surface area contributed by atoms with E-state index < -0.39 is 0 Å². The van der Waals surface area contributed by atoms with Crippen molar-refractivity contribution in [2.24, 2.45) is 0 Å². The lowest BCUT2D eigenvalue weighted by Crippen LogP contribution is -2.49. The normalized spacial score (nSPS) is 21.2. The van der Waals surface area contributed by atoms with E-state index in [4.69, 9.17) is 4.42 Å². The highest BCUT2D eigenvalue weighted by atomic mass is 16.3. The minimum absolute atomic E-state index is 0.329. The average Bonchev–Trinajstić information content (AvgIpc) is 2.68. The molecule has 2 rings (SSSR count). The van der Waals surface area contributed by atoms with Gasteiger partial charge in [-0.3, -0.25) is 4.90 Å². The molecule has 2 heterocycles. The van der Waals surface area contributed by atoms with Crippen LogP contribution in [0.3, 0.4) is 0 Å². The lowest BCUT2D eigenvalue weighted by molar-refractivity contribution is 0.138. The minimum Gasteiger partial charge on any atom is -0.465 e. The molecule has 0 aromatic carbocycles. The third-order valence-electron chi connectivity index (χ3n) is 3.74. The Hall–Kier alpha value is -0.800. The Morgan fingerprint density at radius 2 is 2.06 bits per heavy atom. The first-order valence-electron chi connectivity index (χ1n) is 6.08. The Bertz CT molecular complexity index is 337. The standard InChI is InChI=1S/C13H22N2O/c1-11-4-5-12(16-11)10-15-8-6-13(2,14-3)7-9-15/h4-5,14H,6-10H2,1-3H3. The molecule has 90 valence electrons. The molecule has 3 nitrogen and oxygen atoms in total. The molecule has 1 aliphatic heterocycles. The van der Waals surface area contributed by atoms with E-state index in [9.17, 15) is 0 Å². The topological polar surface area (TPSA) is 28.4 Å². The summed E-state index contributed by atoms with van der Waals surface area (Å²) in [6.07, 6.45) is 2.42. The van der Waals surface area contributed by atoms with Crippen LogP contribution in [0.4, 0.5) is 0 Å². The van der Waals surface area contributed by atoms with E-state index in [0.717, 1.165) is 31.2 Å². The summed E-state index contributed by atoms with van der Waals surface area (Å²) in [5.41, 5.74) is 0.329. The Kier molecular flexibility index (Phi) is 3.36. The largest absolute Gasteiger partial charge is 0.465 e. The van der Waals surface area contributed by atoms with Crippen LogP contribution < -0.4 is 5.32 Å². The molecule has 1 saturated heterocycles. The van der Waals surface area contributed by atoms with Gasteiger partial charge in [-0.05, 0) is 45.9 Å². The van der Waals surface area contributed by atoms with Gasteiger partial charge in [0.2, 0.25) is 0 Å². The van der Waals surface area contributed by atoms with Crippen molar-refractivity contribution in [3.63, 3.8) is 0 Å². The lowest BCUT2D eigenvalue weighted by Gasteiger charge is -2.39. The Morgan fingerprint density at radius 3 is 2.56 bits per heavy atom. The molecule has 1 fully saturated rings. The van der Waals surface area contributed by atoms with Crippen LogP contribution in [0.1, 0.15) is 31.3 Å². The van der Waals surface area contributed by atoms with Crippen LogP contribution in [-0.2, 0) is 6.54 Å². The summed E-state index contributed by atoms with van der Waals surface area (Å²) in [7, 11) is 2.06. The molecule has 0 atom stereocenters. The monoisotopic (exact) mass is 222 g/mol. The second kappa shape index (κ2) is 4.60. The predicted octanol–water partition coefficient (Wildman–Crippen LogP) is 2.16. The third kappa shape index (κ3) is 2.66. The molecule has 3 heteroatoms. The Labute approximate surface area is 97.8 Å². The summed E-state index contributed by atoms with van der Waals surface area (Å²) >= 11 is 0. The summed E-state index contributed by atoms with van der Waals surface area (Å²) in [6.45, 7) is 7.56. The van der Waals surface area contributed by atoms with E-state index in [1.165, 1.54) is 12.8 Å². The smallest absolute Gasteiger partial charge is 0.118 e. The maximum atomic E-state index is 5.61. The third-order valence-corrected chi connectivity index (χ3v) is 3.74. The number of aryl methyl sites for hydroxylation is 1. The van der Waals surface area contributed by atoms with Gasteiger partial charge in [0.25, 0.3) is 0 Å². The number of nitrogens with zero attached hydrogens (tertiary/aromatic N) is 1. The Morgan fingerprint density at radius 1 is 1.38 bits per heavy atom. The summed E-state index contributed by atoms with van der Waals surface area (Å²) in [5.74, 6) is 2.10. The van der Waals surface area contributed by atoms with Gasteiger partial charge in [0.05, 0.1) is 6.54 Å². The van der Waals surface area contributed by atoms with Crippen molar-refractivity contribution in [3.05, 3.63) is 23.7 Å². The first-order chi connectivity index (χ1) is 7.61. The van der Waals surface area contributed by atoms with E-state index >= 15 is 0 Å². The van der Waals surface area contributed by atoms with Gasteiger partial charge in [-0.15, -0.1) is 0 Å². The molecule has 1 aromatic heterocycles. The van der Waals surface area contributed by atoms with E-state index in [1.807, 2.05) is 13.0 Å². The summed E-state index contributed by atoms with van der Waals surface area (Å²) in [6, 6.07) is 4.12. The van der Waals surface area contributed by atoms with Gasteiger partial charge in [0, 0.05) is 18.6 Å². The van der Waals surface area contributed by atoms with Crippen LogP contribution in [0.2, 0.25) is 0 Å². The fourth-order valence-electron chi connectivity index (χ4n) is 2.25. The maximum absolute atomic E-state index is 5.61. The van der Waals surface area contributed by atoms with Crippen LogP contribution in [0, 0.1) is 6.92 Å². The van der Waals surface area contributed by atoms with Gasteiger partial charge < -0.3 is 9.73 Å². The van der Waals surface area contributed by atoms with Crippen molar-refractivity contribution in [2.45, 2.75) is 38.8 Å². The first-order valence-corrected chi connectivity index (χ1v) is 6.08. The van der Waals surface area contributed by atoms with E-state index in [-0.39, 0.29) is 0 Å². The number of likely N-dealkylation sites (tertiary alicyclic amines) is 1. The number of furan rings is 1. The second-order valence-corrected chi connectivity index (χ2v) is 5.10. The number of hydrogen-bond donors (Lipinski definition) is 1. The van der Waals surface area contributed by atoms with E-state index in [0.29, 0.717) is 5.54 Å². The van der Waals surface area contributed by atoms with Crippen molar-refractivity contribution in [1.82, 2.24) is 10.2 Å². The van der Waals surface area contributed by atoms with Crippen LogP contribution in [0.5, 0.6) is 0 Å². The van der Waals surface area contributed by atoms with Gasteiger partial charge >= 0.3 is 0 Å². The quantitative estimate of drug-likeness (QED) is 0.849. The number of rotatable bonds is 3. The predicted molar refractivity (Wildman–Crippen MR) is 65.4 cm³/mol. The van der Waals surface area contributed by atoms with Gasteiger partial charge in [-0.25, -0.2) is 0 Å². The zero-order chi connectivity index (χ0) is 11.6. The van der Waals surface area contributed by atoms with Crippen LogP contribution in [0.15, 0.2) is 16.5 Å². The van der Waals surface area contributed by atoms with Gasteiger partial charge in [-0.2, -0.15) is 0 Å². The zero-order valence-electron chi connectivity index (χ0n) is 10.5. The van der Waals surface area contributed by atoms with Crippen LogP contribution >= 0.6 is 0 Å². The molecule has 0 spiro atoms. The summed E-state index contributed by atoms with van der Waals surface area (Å²) in [4.78, 5) is 2.47. The fraction of sp³-hybridized carbons (Fsp3) is 0.692. The molecule has 1 N–H and O–H groups in total. The number of piperidine rings is 1. The molecule has 0 radical (unpaired) electrons. The van der Waals surface area contributed by atoms with Crippen molar-refractivity contribution >= 4 is 0 Å². The number of hydrogen-bond acceptors (Lipinski definition) is 3. The minimum atomic E-state index is 0.329. The lowest BCUT2D eigenvalue weighted by atomic mass is 9.90. The van der Waals surface area contributed by atoms with Gasteiger partial charge in [-0.1, -0.05) is 0 Å². The molecule has 0 aliphatic carbocycles. The highest BCUT2D eigenvalue weighted by molar-refractivity contribution is 5.05. The molecular formula is C13H22N2O. The second-order valence-electron chi connectivity index (χ2n) is 5.10. The molecule has 0 saturated carbocycles. The SMILES string of the molecule is CNC1(C)CCN(Cc2ccc(C)o2)CC1. The van der Waals surface area contributed by atoms with Crippen LogP contribution in [-0.4, -0.2) is 30.6 Å². The van der Waals surface area contributed by atoms with Crippen molar-refractivity contribution in [2.75, 3.05) is 20.1 Å². The summed E-state index contributed by atoms with van der Waals surface area (Å²) in [5, 5.41) is 3.42. The first kappa shape index (κ1) is 11.7. The van der Waals surface area contributed by atoms with Crippen molar-refractivity contribution < 1.29 is 4.42 Å². The summed E-state index contributed by atoms with van der Waals surface area (Å²) < 4.78 is 5.61. The molecule has 0 bridgehead atoms. The molecule has 0 amide bonds. The maximum Gasteiger partial charge on any atom is 0.118 e. The highest BCUT2D eigenvalue weighted by Crippen LogP contribution is 2.22. The molecular weight excluding hydrogens is 200 g/mol. The molecule has 0 unspecified atom stereocenters. The number of nitrogens with one attached hydrogen (secondary N) is 1. The zero-order valence-corrected chi connectivity index (χ0v) is 10.5. The molecule has 16 heavy (non-hydrogen) atoms.